The van der Waals surface area contributed by atoms with E-state index in [1.54, 1.807) is 17.0 Å². The van der Waals surface area contributed by atoms with Crippen LogP contribution in [0.15, 0.2) is 22.8 Å². The third-order valence-corrected chi connectivity index (χ3v) is 4.59. The van der Waals surface area contributed by atoms with Crippen molar-refractivity contribution < 1.29 is 18.7 Å². The zero-order valence-electron chi connectivity index (χ0n) is 13.7. The summed E-state index contributed by atoms with van der Waals surface area (Å²) in [5, 5.41) is 0. The van der Waals surface area contributed by atoms with Gasteiger partial charge < -0.3 is 19.0 Å². The Morgan fingerprint density at radius 1 is 1.09 bits per heavy atom. The summed E-state index contributed by atoms with van der Waals surface area (Å²) in [5.41, 5.74) is 0. The molecule has 1 aromatic rings. The van der Waals surface area contributed by atoms with Gasteiger partial charge in [0.05, 0.1) is 18.5 Å². The predicted molar refractivity (Wildman–Crippen MR) is 83.9 cm³/mol. The number of furan rings is 1. The zero-order valence-corrected chi connectivity index (χ0v) is 13.7. The Labute approximate surface area is 136 Å². The molecule has 3 rings (SSSR count). The summed E-state index contributed by atoms with van der Waals surface area (Å²) in [7, 11) is 0. The molecule has 1 aromatic heterocycles. The summed E-state index contributed by atoms with van der Waals surface area (Å²) < 4.78 is 10.8. The Balaban J connectivity index is 1.54. The van der Waals surface area contributed by atoms with Gasteiger partial charge in [-0.05, 0) is 38.8 Å². The maximum Gasteiger partial charge on any atom is 0.289 e. The molecule has 0 aliphatic carbocycles. The lowest BCUT2D eigenvalue weighted by molar-refractivity contribution is -0.148. The van der Waals surface area contributed by atoms with E-state index in [0.717, 1.165) is 0 Å². The lowest BCUT2D eigenvalue weighted by atomic mass is 9.94. The van der Waals surface area contributed by atoms with Crippen LogP contribution in [0.1, 0.15) is 37.2 Å². The summed E-state index contributed by atoms with van der Waals surface area (Å²) in [6, 6.07) is 3.39. The van der Waals surface area contributed by atoms with Crippen molar-refractivity contribution in [1.29, 1.82) is 0 Å². The molecule has 0 N–H and O–H groups in total. The van der Waals surface area contributed by atoms with Gasteiger partial charge in [-0.25, -0.2) is 0 Å². The molecule has 2 fully saturated rings. The lowest BCUT2D eigenvalue weighted by Crippen LogP contribution is -2.51. The van der Waals surface area contributed by atoms with Crippen LogP contribution in [0.25, 0.3) is 0 Å². The minimum absolute atomic E-state index is 0.00755. The molecule has 126 valence electrons. The van der Waals surface area contributed by atoms with Crippen LogP contribution in [0.5, 0.6) is 0 Å². The summed E-state index contributed by atoms with van der Waals surface area (Å²) in [4.78, 5) is 28.6. The molecule has 2 aliphatic heterocycles. The van der Waals surface area contributed by atoms with Crippen LogP contribution in [0.3, 0.4) is 0 Å². The van der Waals surface area contributed by atoms with Crippen molar-refractivity contribution in [3.63, 3.8) is 0 Å². The fraction of sp³-hybridized carbons (Fsp3) is 0.647. The molecule has 0 radical (unpaired) electrons. The quantitative estimate of drug-likeness (QED) is 0.833. The molecule has 2 atom stereocenters. The third kappa shape index (κ3) is 3.58. The number of hydrogen-bond donors (Lipinski definition) is 0. The highest BCUT2D eigenvalue weighted by molar-refractivity contribution is 5.91. The first kappa shape index (κ1) is 16.1. The summed E-state index contributed by atoms with van der Waals surface area (Å²) in [6.07, 6.45) is 3.10. The van der Waals surface area contributed by atoms with E-state index in [1.807, 2.05) is 18.7 Å². The van der Waals surface area contributed by atoms with Crippen molar-refractivity contribution in [3.8, 4) is 0 Å². The summed E-state index contributed by atoms with van der Waals surface area (Å²) in [5.74, 6) is 0.491. The second kappa shape index (κ2) is 6.74. The van der Waals surface area contributed by atoms with Gasteiger partial charge in [-0.15, -0.1) is 0 Å². The number of hydrogen-bond acceptors (Lipinski definition) is 4. The highest BCUT2D eigenvalue weighted by Crippen LogP contribution is 2.23. The Kier molecular flexibility index (Phi) is 4.71. The van der Waals surface area contributed by atoms with Crippen LogP contribution >= 0.6 is 0 Å². The first-order valence-corrected chi connectivity index (χ1v) is 8.31. The van der Waals surface area contributed by atoms with Gasteiger partial charge >= 0.3 is 0 Å². The number of carbonyl (C=O) groups is 2. The molecule has 3 heterocycles. The van der Waals surface area contributed by atoms with E-state index in [0.29, 0.717) is 44.8 Å². The first-order valence-electron chi connectivity index (χ1n) is 8.31. The number of nitrogens with zero attached hydrogens (tertiary/aromatic N) is 2. The topological polar surface area (TPSA) is 63.0 Å². The van der Waals surface area contributed by atoms with E-state index >= 15 is 0 Å². The smallest absolute Gasteiger partial charge is 0.289 e. The second-order valence-corrected chi connectivity index (χ2v) is 6.54. The standard InChI is InChI=1S/C17H24N2O4/c1-12-10-19(11-13(2)23-12)16(20)14-5-7-18(8-6-14)17(21)15-4-3-9-22-15/h3-4,9,12-14H,5-8,10-11H2,1-2H3. The van der Waals surface area contributed by atoms with Gasteiger partial charge in [0.15, 0.2) is 5.76 Å². The number of amides is 2. The molecule has 0 aromatic carbocycles. The molecule has 0 spiro atoms. The van der Waals surface area contributed by atoms with Gasteiger partial charge in [0.2, 0.25) is 5.91 Å². The highest BCUT2D eigenvalue weighted by Gasteiger charge is 2.34. The number of ether oxygens (including phenoxy) is 1. The van der Waals surface area contributed by atoms with Gasteiger partial charge in [-0.3, -0.25) is 9.59 Å². The largest absolute Gasteiger partial charge is 0.459 e. The van der Waals surface area contributed by atoms with E-state index < -0.39 is 0 Å². The van der Waals surface area contributed by atoms with Crippen molar-refractivity contribution in [1.82, 2.24) is 9.80 Å². The van der Waals surface area contributed by atoms with Gasteiger partial charge in [0.25, 0.3) is 5.91 Å². The number of rotatable bonds is 2. The minimum atomic E-state index is -0.0884. The molecular weight excluding hydrogens is 296 g/mol. The molecule has 2 aliphatic rings. The molecule has 6 heteroatoms. The van der Waals surface area contributed by atoms with Crippen LogP contribution in [-0.4, -0.2) is 60.0 Å². The van der Waals surface area contributed by atoms with Gasteiger partial charge in [-0.2, -0.15) is 0 Å². The Morgan fingerprint density at radius 2 is 1.74 bits per heavy atom. The summed E-state index contributed by atoms with van der Waals surface area (Å²) >= 11 is 0. The Bertz CT molecular complexity index is 539. The fourth-order valence-electron chi connectivity index (χ4n) is 3.50. The Hall–Kier alpha value is -1.82. The molecular formula is C17H24N2O4. The van der Waals surface area contributed by atoms with E-state index in [2.05, 4.69) is 0 Å². The SMILES string of the molecule is CC1CN(C(=O)C2CCN(C(=O)c3ccco3)CC2)CC(C)O1. The van der Waals surface area contributed by atoms with E-state index in [1.165, 1.54) is 6.26 Å². The zero-order chi connectivity index (χ0) is 16.4. The van der Waals surface area contributed by atoms with E-state index in [-0.39, 0.29) is 29.9 Å². The van der Waals surface area contributed by atoms with Crippen LogP contribution < -0.4 is 0 Å². The fourth-order valence-corrected chi connectivity index (χ4v) is 3.50. The summed E-state index contributed by atoms with van der Waals surface area (Å²) in [6.45, 7) is 6.53. The average Bonchev–Trinajstić information content (AvgIpc) is 3.07. The van der Waals surface area contributed by atoms with Crippen LogP contribution in [0, 0.1) is 5.92 Å². The van der Waals surface area contributed by atoms with E-state index in [4.69, 9.17) is 9.15 Å². The number of likely N-dealkylation sites (tertiary alicyclic amines) is 1. The highest BCUT2D eigenvalue weighted by atomic mass is 16.5. The van der Waals surface area contributed by atoms with Gasteiger partial charge in [0.1, 0.15) is 0 Å². The number of carbonyl (C=O) groups excluding carboxylic acids is 2. The molecule has 2 amide bonds. The van der Waals surface area contributed by atoms with Gasteiger partial charge in [-0.1, -0.05) is 0 Å². The predicted octanol–water partition coefficient (Wildman–Crippen LogP) is 1.77. The van der Waals surface area contributed by atoms with Crippen molar-refractivity contribution in [2.24, 2.45) is 5.92 Å². The molecule has 2 unspecified atom stereocenters. The molecule has 2 saturated heterocycles. The van der Waals surface area contributed by atoms with Crippen molar-refractivity contribution >= 4 is 11.8 Å². The number of piperidine rings is 1. The van der Waals surface area contributed by atoms with Crippen molar-refractivity contribution in [2.45, 2.75) is 38.9 Å². The van der Waals surface area contributed by atoms with Crippen LogP contribution in [-0.2, 0) is 9.53 Å². The Morgan fingerprint density at radius 3 is 2.30 bits per heavy atom. The van der Waals surface area contributed by atoms with Gasteiger partial charge in [0, 0.05) is 32.1 Å². The van der Waals surface area contributed by atoms with Crippen LogP contribution in [0.4, 0.5) is 0 Å². The van der Waals surface area contributed by atoms with Crippen molar-refractivity contribution in [2.75, 3.05) is 26.2 Å². The second-order valence-electron chi connectivity index (χ2n) is 6.54. The number of morpholine rings is 1. The van der Waals surface area contributed by atoms with Crippen molar-refractivity contribution in [3.05, 3.63) is 24.2 Å². The molecule has 23 heavy (non-hydrogen) atoms. The van der Waals surface area contributed by atoms with Crippen LogP contribution in [0.2, 0.25) is 0 Å². The maximum atomic E-state index is 12.7. The maximum absolute atomic E-state index is 12.7. The minimum Gasteiger partial charge on any atom is -0.459 e. The lowest BCUT2D eigenvalue weighted by Gasteiger charge is -2.39. The molecule has 0 saturated carbocycles. The first-order chi connectivity index (χ1) is 11.0. The normalized spacial score (nSPS) is 26.3. The average molecular weight is 320 g/mol. The molecule has 0 bridgehead atoms. The third-order valence-electron chi connectivity index (χ3n) is 4.59. The monoisotopic (exact) mass is 320 g/mol. The molecule has 6 nitrogen and oxygen atoms in total. The van der Waals surface area contributed by atoms with E-state index in [9.17, 15) is 9.59 Å².